The van der Waals surface area contributed by atoms with E-state index in [0.717, 1.165) is 40.4 Å². The third-order valence-corrected chi connectivity index (χ3v) is 13.7. The molecule has 264 valence electrons. The van der Waals surface area contributed by atoms with E-state index < -0.39 is 5.41 Å². The summed E-state index contributed by atoms with van der Waals surface area (Å²) in [7, 11) is 0. The fourth-order valence-electron chi connectivity index (χ4n) is 11.4. The highest BCUT2D eigenvalue weighted by Gasteiger charge is 2.59. The summed E-state index contributed by atoms with van der Waals surface area (Å²) in [6.07, 6.45) is 5.51. The van der Waals surface area contributed by atoms with Gasteiger partial charge in [-0.25, -0.2) is 15.0 Å². The lowest BCUT2D eigenvalue weighted by atomic mass is 9.39. The van der Waals surface area contributed by atoms with Gasteiger partial charge in [-0.2, -0.15) is 5.26 Å². The normalized spacial score (nSPS) is 25.4. The van der Waals surface area contributed by atoms with Gasteiger partial charge in [-0.05, 0) is 106 Å². The van der Waals surface area contributed by atoms with Crippen molar-refractivity contribution in [1.82, 2.24) is 15.0 Å². The van der Waals surface area contributed by atoms with Crippen molar-refractivity contribution in [2.75, 3.05) is 0 Å². The van der Waals surface area contributed by atoms with E-state index in [-0.39, 0.29) is 5.41 Å². The van der Waals surface area contributed by atoms with Gasteiger partial charge in [0, 0.05) is 16.7 Å². The maximum atomic E-state index is 9.78. The Morgan fingerprint density at radius 1 is 0.527 bits per heavy atom. The topological polar surface area (TPSA) is 62.5 Å². The van der Waals surface area contributed by atoms with Crippen LogP contribution in [-0.2, 0) is 10.8 Å². The fraction of sp³-hybridized carbons (Fsp3) is 0.216. The van der Waals surface area contributed by atoms with Gasteiger partial charge in [0.25, 0.3) is 0 Å². The zero-order valence-electron chi connectivity index (χ0n) is 30.9. The molecule has 4 heteroatoms. The molecule has 1 aromatic heterocycles. The molecule has 6 aromatic carbocycles. The zero-order valence-corrected chi connectivity index (χ0v) is 30.9. The summed E-state index contributed by atoms with van der Waals surface area (Å²) >= 11 is 0. The van der Waals surface area contributed by atoms with Gasteiger partial charge in [-0.3, -0.25) is 0 Å². The van der Waals surface area contributed by atoms with Crippen LogP contribution in [-0.4, -0.2) is 15.0 Å². The molecule has 0 amide bonds. The first kappa shape index (κ1) is 32.3. The highest BCUT2D eigenvalue weighted by atomic mass is 15.0. The van der Waals surface area contributed by atoms with E-state index >= 15 is 0 Å². The van der Waals surface area contributed by atoms with E-state index in [4.69, 9.17) is 15.0 Å². The molecular formula is C51H40N4. The predicted molar refractivity (Wildman–Crippen MR) is 218 cm³/mol. The van der Waals surface area contributed by atoms with E-state index in [2.05, 4.69) is 110 Å². The van der Waals surface area contributed by atoms with Crippen molar-refractivity contribution in [2.45, 2.75) is 43.4 Å². The van der Waals surface area contributed by atoms with Crippen LogP contribution in [0.2, 0.25) is 0 Å². The first-order valence-corrected chi connectivity index (χ1v) is 19.8. The molecule has 7 aromatic rings. The van der Waals surface area contributed by atoms with Crippen LogP contribution in [0, 0.1) is 35.0 Å². The molecule has 4 aliphatic rings. The van der Waals surface area contributed by atoms with Crippen molar-refractivity contribution in [3.63, 3.8) is 0 Å². The molecule has 11 rings (SSSR count). The van der Waals surface area contributed by atoms with Crippen molar-refractivity contribution < 1.29 is 0 Å². The van der Waals surface area contributed by atoms with Crippen LogP contribution in [0.15, 0.2) is 152 Å². The summed E-state index contributed by atoms with van der Waals surface area (Å²) < 4.78 is 0. The van der Waals surface area contributed by atoms with Gasteiger partial charge in [0.05, 0.1) is 17.0 Å². The molecule has 0 N–H and O–H groups in total. The number of rotatable bonds is 6. The summed E-state index contributed by atoms with van der Waals surface area (Å²) in [5.41, 5.74) is 11.6. The molecular weight excluding hydrogens is 669 g/mol. The van der Waals surface area contributed by atoms with Crippen molar-refractivity contribution in [3.05, 3.63) is 185 Å². The Morgan fingerprint density at radius 3 is 1.82 bits per heavy atom. The molecule has 4 aliphatic carbocycles. The smallest absolute Gasteiger partial charge is 0.164 e. The zero-order chi connectivity index (χ0) is 36.7. The lowest BCUT2D eigenvalue weighted by molar-refractivity contribution is -0.141. The van der Waals surface area contributed by atoms with Crippen LogP contribution < -0.4 is 0 Å². The summed E-state index contributed by atoms with van der Waals surface area (Å²) in [6.45, 7) is 2.53. The average Bonchev–Trinajstić information content (AvgIpc) is 3.54. The molecule has 3 unspecified atom stereocenters. The van der Waals surface area contributed by atoms with Crippen LogP contribution in [0.4, 0.5) is 0 Å². The van der Waals surface area contributed by atoms with Crippen LogP contribution in [0.1, 0.15) is 66.0 Å². The molecule has 55 heavy (non-hydrogen) atoms. The highest BCUT2D eigenvalue weighted by Crippen LogP contribution is 2.67. The first-order chi connectivity index (χ1) is 27.0. The molecule has 0 spiro atoms. The molecule has 0 radical (unpaired) electrons. The fourth-order valence-corrected chi connectivity index (χ4v) is 11.4. The van der Waals surface area contributed by atoms with Gasteiger partial charge in [-0.15, -0.1) is 0 Å². The Labute approximate surface area is 322 Å². The van der Waals surface area contributed by atoms with Gasteiger partial charge < -0.3 is 0 Å². The van der Waals surface area contributed by atoms with E-state index in [1.54, 1.807) is 0 Å². The van der Waals surface area contributed by atoms with Gasteiger partial charge in [-0.1, -0.05) is 146 Å². The van der Waals surface area contributed by atoms with Crippen LogP contribution in [0.3, 0.4) is 0 Å². The third-order valence-electron chi connectivity index (χ3n) is 13.7. The van der Waals surface area contributed by atoms with Gasteiger partial charge in [0.2, 0.25) is 0 Å². The minimum Gasteiger partial charge on any atom is -0.208 e. The number of hydrogen-bond acceptors (Lipinski definition) is 4. The van der Waals surface area contributed by atoms with Crippen molar-refractivity contribution >= 4 is 0 Å². The largest absolute Gasteiger partial charge is 0.208 e. The number of benzene rings is 6. The van der Waals surface area contributed by atoms with Crippen LogP contribution in [0.25, 0.3) is 45.3 Å². The molecule has 3 saturated carbocycles. The van der Waals surface area contributed by atoms with E-state index in [0.29, 0.717) is 23.0 Å². The quantitative estimate of drug-likeness (QED) is 0.172. The summed E-state index contributed by atoms with van der Waals surface area (Å²) in [5, 5.41) is 9.78. The standard InChI is InChI=1S/C51H40N4/c1-50(29-36-27-35-28-37(30-50)45(35)36)38-22-24-40(25-23-38)51(39-16-6-3-7-17-39)44-21-9-8-18-41(44)42-19-11-20-43(46(42)51)49-54-47(33-13-4-2-5-14-33)53-48(55-49)34-15-10-12-32(26-34)31-52/h2-26,35-37,45H,27-30H2,1H3/t35-,36+,37-,45?,50?,51?. The lowest BCUT2D eigenvalue weighted by Gasteiger charge is -2.65. The Bertz CT molecular complexity index is 2640. The number of hydrogen-bond donors (Lipinski definition) is 0. The molecule has 6 atom stereocenters. The molecule has 4 nitrogen and oxygen atoms in total. The van der Waals surface area contributed by atoms with Crippen LogP contribution in [0.5, 0.6) is 0 Å². The second kappa shape index (κ2) is 12.2. The second-order valence-corrected chi connectivity index (χ2v) is 16.6. The second-order valence-electron chi connectivity index (χ2n) is 16.6. The van der Waals surface area contributed by atoms with E-state index in [9.17, 15) is 5.26 Å². The maximum absolute atomic E-state index is 9.78. The first-order valence-electron chi connectivity index (χ1n) is 19.8. The molecule has 0 saturated heterocycles. The molecule has 3 fully saturated rings. The van der Waals surface area contributed by atoms with Gasteiger partial charge in [0.1, 0.15) is 0 Å². The Kier molecular flexibility index (Phi) is 7.14. The van der Waals surface area contributed by atoms with Crippen LogP contribution >= 0.6 is 0 Å². The minimum atomic E-state index is -0.629. The Hall–Kier alpha value is -6.18. The van der Waals surface area contributed by atoms with Crippen molar-refractivity contribution in [1.29, 1.82) is 5.26 Å². The Balaban J connectivity index is 1.15. The Morgan fingerprint density at radius 2 is 1.09 bits per heavy atom. The highest BCUT2D eigenvalue weighted by molar-refractivity contribution is 5.92. The van der Waals surface area contributed by atoms with E-state index in [1.807, 2.05) is 54.6 Å². The number of fused-ring (bicyclic) bond motifs is 3. The van der Waals surface area contributed by atoms with Gasteiger partial charge >= 0.3 is 0 Å². The predicted octanol–water partition coefficient (Wildman–Crippen LogP) is 11.4. The maximum Gasteiger partial charge on any atom is 0.164 e. The third kappa shape index (κ3) is 4.79. The monoisotopic (exact) mass is 708 g/mol. The summed E-state index contributed by atoms with van der Waals surface area (Å²) in [6, 6.07) is 56.2. The lowest BCUT2D eigenvalue weighted by Crippen LogP contribution is -2.58. The SMILES string of the molecule is CC1(c2ccc(C3(c4ccccc4)c4ccccc4-c4cccc(-c5nc(-c6ccccc6)nc(-c6cccc(C#N)c6)n5)c43)cc2)C[C@H]2C[C@H]3C[C@@H](C1)C32. The van der Waals surface area contributed by atoms with Gasteiger partial charge in [0.15, 0.2) is 17.5 Å². The van der Waals surface area contributed by atoms with E-state index in [1.165, 1.54) is 64.6 Å². The minimum absolute atomic E-state index is 0.213. The molecule has 0 bridgehead atoms. The van der Waals surface area contributed by atoms with Crippen molar-refractivity contribution in [3.8, 4) is 51.4 Å². The van der Waals surface area contributed by atoms with Crippen molar-refractivity contribution in [2.24, 2.45) is 23.7 Å². The summed E-state index contributed by atoms with van der Waals surface area (Å²) in [5.74, 6) is 5.58. The number of nitrogens with zero attached hydrogens (tertiary/aromatic N) is 4. The average molecular weight is 709 g/mol. The number of aromatic nitrogens is 3. The molecule has 0 aliphatic heterocycles. The summed E-state index contributed by atoms with van der Waals surface area (Å²) in [4.78, 5) is 15.5. The molecule has 1 heterocycles. The number of nitriles is 1.